The van der Waals surface area contributed by atoms with Gasteiger partial charge in [-0.1, -0.05) is 6.42 Å². The molecule has 1 saturated heterocycles. The van der Waals surface area contributed by atoms with Crippen LogP contribution in [-0.4, -0.2) is 17.4 Å². The van der Waals surface area contributed by atoms with E-state index in [9.17, 15) is 4.79 Å². The number of amides is 1. The van der Waals surface area contributed by atoms with Gasteiger partial charge in [0.1, 0.15) is 5.76 Å². The predicted octanol–water partition coefficient (Wildman–Crippen LogP) is 2.06. The van der Waals surface area contributed by atoms with Crippen molar-refractivity contribution in [2.45, 2.75) is 37.6 Å². The molecule has 3 nitrogen and oxygen atoms in total. The Morgan fingerprint density at radius 3 is 3.38 bits per heavy atom. The lowest BCUT2D eigenvalue weighted by Gasteiger charge is -2.42. The summed E-state index contributed by atoms with van der Waals surface area (Å²) in [5, 5.41) is 0. The van der Waals surface area contributed by atoms with Gasteiger partial charge >= 0.3 is 0 Å². The van der Waals surface area contributed by atoms with Gasteiger partial charge in [-0.25, -0.2) is 0 Å². The van der Waals surface area contributed by atoms with Gasteiger partial charge in [-0.05, 0) is 24.8 Å². The average molecular weight is 217 g/mol. The molecule has 3 aliphatic rings. The minimum Gasteiger partial charge on any atom is -0.469 e. The molecule has 84 valence electrons. The zero-order valence-electron chi connectivity index (χ0n) is 9.24. The average Bonchev–Trinajstić information content (AvgIpc) is 2.90. The minimum absolute atomic E-state index is 0.0255. The maximum absolute atomic E-state index is 12.0. The fourth-order valence-electron chi connectivity index (χ4n) is 4.19. The summed E-state index contributed by atoms with van der Waals surface area (Å²) in [5.41, 5.74) is 1.34. The van der Waals surface area contributed by atoms with Crippen LogP contribution in [0.3, 0.4) is 0 Å². The molecule has 2 fully saturated rings. The van der Waals surface area contributed by atoms with Crippen molar-refractivity contribution in [2.75, 3.05) is 6.54 Å². The smallest absolute Gasteiger partial charge is 0.223 e. The molecule has 2 aliphatic heterocycles. The van der Waals surface area contributed by atoms with Crippen LogP contribution in [0.2, 0.25) is 0 Å². The highest BCUT2D eigenvalue weighted by Gasteiger charge is 2.58. The summed E-state index contributed by atoms with van der Waals surface area (Å²) in [7, 11) is 0. The number of nitrogens with zero attached hydrogens (tertiary/aromatic N) is 1. The highest BCUT2D eigenvalue weighted by molar-refractivity contribution is 5.81. The van der Waals surface area contributed by atoms with Gasteiger partial charge in [0.05, 0.1) is 11.8 Å². The van der Waals surface area contributed by atoms with Crippen LogP contribution in [0.25, 0.3) is 0 Å². The van der Waals surface area contributed by atoms with Crippen LogP contribution in [0.15, 0.2) is 16.7 Å². The minimum atomic E-state index is 0.0255. The predicted molar refractivity (Wildman–Crippen MR) is 57.8 cm³/mol. The zero-order chi connectivity index (χ0) is 10.8. The maximum Gasteiger partial charge on any atom is 0.223 e. The summed E-state index contributed by atoms with van der Waals surface area (Å²) in [5.74, 6) is 2.02. The number of furan rings is 1. The van der Waals surface area contributed by atoms with Crippen LogP contribution in [-0.2, 0) is 16.8 Å². The van der Waals surface area contributed by atoms with E-state index in [0.29, 0.717) is 11.8 Å². The number of rotatable bonds is 0. The van der Waals surface area contributed by atoms with E-state index in [2.05, 4.69) is 11.0 Å². The summed E-state index contributed by atoms with van der Waals surface area (Å²) in [6.45, 7) is 0.857. The molecule has 2 unspecified atom stereocenters. The molecule has 1 spiro atoms. The third-order valence-electron chi connectivity index (χ3n) is 4.76. The fourth-order valence-corrected chi connectivity index (χ4v) is 4.19. The Labute approximate surface area is 94.4 Å². The Morgan fingerprint density at radius 1 is 1.50 bits per heavy atom. The van der Waals surface area contributed by atoms with Crippen molar-refractivity contribution in [1.82, 2.24) is 4.90 Å². The van der Waals surface area contributed by atoms with Crippen molar-refractivity contribution in [3.05, 3.63) is 23.7 Å². The van der Waals surface area contributed by atoms with Crippen molar-refractivity contribution < 1.29 is 9.21 Å². The fraction of sp³-hybridized carbons (Fsp3) is 0.615. The first-order valence-electron chi connectivity index (χ1n) is 6.20. The van der Waals surface area contributed by atoms with Gasteiger partial charge in [-0.3, -0.25) is 4.79 Å². The molecular weight excluding hydrogens is 202 g/mol. The molecule has 0 radical (unpaired) electrons. The maximum atomic E-state index is 12.0. The van der Waals surface area contributed by atoms with Gasteiger partial charge in [-0.15, -0.1) is 0 Å². The van der Waals surface area contributed by atoms with Crippen molar-refractivity contribution in [3.8, 4) is 0 Å². The standard InChI is InChI=1S/C13H15NO2/c15-12-8-9-2-1-5-13(9)10-4-7-16-11(10)3-6-14(12)13/h4,7,9H,1-3,5-6,8H2. The van der Waals surface area contributed by atoms with Gasteiger partial charge < -0.3 is 9.32 Å². The van der Waals surface area contributed by atoms with Crippen LogP contribution >= 0.6 is 0 Å². The van der Waals surface area contributed by atoms with Gasteiger partial charge in [0.25, 0.3) is 0 Å². The van der Waals surface area contributed by atoms with E-state index in [1.54, 1.807) is 6.26 Å². The second kappa shape index (κ2) is 2.70. The first-order valence-corrected chi connectivity index (χ1v) is 6.20. The first kappa shape index (κ1) is 8.85. The lowest BCUT2D eigenvalue weighted by Crippen LogP contribution is -2.48. The second-order valence-corrected chi connectivity index (χ2v) is 5.27. The van der Waals surface area contributed by atoms with Gasteiger partial charge in [-0.2, -0.15) is 0 Å². The zero-order valence-corrected chi connectivity index (χ0v) is 9.24. The number of fused-ring (bicyclic) bond motifs is 1. The highest BCUT2D eigenvalue weighted by atomic mass is 16.3. The summed E-state index contributed by atoms with van der Waals surface area (Å²) >= 11 is 0. The summed E-state index contributed by atoms with van der Waals surface area (Å²) < 4.78 is 5.56. The molecule has 1 amide bonds. The van der Waals surface area contributed by atoms with Crippen molar-refractivity contribution >= 4 is 5.91 Å². The quantitative estimate of drug-likeness (QED) is 0.666. The van der Waals surface area contributed by atoms with Crippen LogP contribution in [0.5, 0.6) is 0 Å². The van der Waals surface area contributed by atoms with Crippen molar-refractivity contribution in [2.24, 2.45) is 5.92 Å². The van der Waals surface area contributed by atoms with Crippen LogP contribution in [0.4, 0.5) is 0 Å². The molecule has 1 aliphatic carbocycles. The number of hydrogen-bond donors (Lipinski definition) is 0. The number of carbonyl (C=O) groups is 1. The lowest BCUT2D eigenvalue weighted by atomic mass is 9.79. The van der Waals surface area contributed by atoms with Crippen LogP contribution < -0.4 is 0 Å². The molecule has 1 aromatic rings. The molecule has 0 N–H and O–H groups in total. The molecule has 3 heterocycles. The molecule has 3 heteroatoms. The molecule has 16 heavy (non-hydrogen) atoms. The normalized spacial score (nSPS) is 36.1. The van der Waals surface area contributed by atoms with E-state index in [1.165, 1.54) is 18.4 Å². The third-order valence-corrected chi connectivity index (χ3v) is 4.76. The summed E-state index contributed by atoms with van der Waals surface area (Å²) in [4.78, 5) is 14.2. The molecule has 4 rings (SSSR count). The Kier molecular flexibility index (Phi) is 1.50. The van der Waals surface area contributed by atoms with Crippen molar-refractivity contribution in [3.63, 3.8) is 0 Å². The van der Waals surface area contributed by atoms with Gasteiger partial charge in [0.2, 0.25) is 5.91 Å². The van der Waals surface area contributed by atoms with E-state index in [0.717, 1.165) is 31.6 Å². The van der Waals surface area contributed by atoms with E-state index >= 15 is 0 Å². The second-order valence-electron chi connectivity index (χ2n) is 5.27. The monoisotopic (exact) mass is 217 g/mol. The number of hydrogen-bond acceptors (Lipinski definition) is 2. The molecule has 1 saturated carbocycles. The SMILES string of the molecule is O=C1CC2CCCC23c2ccoc2CCN13. The van der Waals surface area contributed by atoms with Gasteiger partial charge in [0.15, 0.2) is 0 Å². The largest absolute Gasteiger partial charge is 0.469 e. The van der Waals surface area contributed by atoms with Crippen LogP contribution in [0.1, 0.15) is 37.0 Å². The Balaban J connectivity index is 1.95. The first-order chi connectivity index (χ1) is 7.82. The number of carbonyl (C=O) groups excluding carboxylic acids is 1. The third kappa shape index (κ3) is 0.805. The van der Waals surface area contributed by atoms with Gasteiger partial charge in [0, 0.05) is 24.9 Å². The molecule has 0 aromatic carbocycles. The molecular formula is C13H15NO2. The van der Waals surface area contributed by atoms with Crippen LogP contribution in [0, 0.1) is 5.92 Å². The van der Waals surface area contributed by atoms with E-state index in [4.69, 9.17) is 4.42 Å². The molecule has 1 aromatic heterocycles. The highest BCUT2D eigenvalue weighted by Crippen LogP contribution is 2.56. The Bertz CT molecular complexity index is 464. The lowest BCUT2D eigenvalue weighted by molar-refractivity contribution is -0.132. The summed E-state index contributed by atoms with van der Waals surface area (Å²) in [6.07, 6.45) is 7.02. The van der Waals surface area contributed by atoms with E-state index in [1.807, 2.05) is 0 Å². The van der Waals surface area contributed by atoms with Crippen molar-refractivity contribution in [1.29, 1.82) is 0 Å². The topological polar surface area (TPSA) is 33.5 Å². The van der Waals surface area contributed by atoms with E-state index < -0.39 is 0 Å². The van der Waals surface area contributed by atoms with E-state index in [-0.39, 0.29) is 5.54 Å². The Hall–Kier alpha value is -1.25. The summed E-state index contributed by atoms with van der Waals surface area (Å²) in [6, 6.07) is 2.10. The molecule has 0 bridgehead atoms. The molecule has 2 atom stereocenters. The Morgan fingerprint density at radius 2 is 2.44 bits per heavy atom.